The quantitative estimate of drug-likeness (QED) is 0.644. The van der Waals surface area contributed by atoms with E-state index in [1.807, 2.05) is 24.3 Å². The van der Waals surface area contributed by atoms with E-state index in [-0.39, 0.29) is 6.04 Å². The van der Waals surface area contributed by atoms with Gasteiger partial charge in [0.2, 0.25) is 0 Å². The highest BCUT2D eigenvalue weighted by Crippen LogP contribution is 2.29. The first-order chi connectivity index (χ1) is 14.7. The normalized spacial score (nSPS) is 16.5. The molecule has 3 aromatic rings. The standard InChI is InChI=1S/C26H30N2O2/c1-30-24-14-12-21(13-15-24)25(29)20-27-16-18-28(19-17-27)26(22-8-4-2-5-9-22)23-10-6-3-7-11-23/h2-15,25-26,29H,16-20H2,1H3. The second-order valence-electron chi connectivity index (χ2n) is 7.85. The molecular formula is C26H30N2O2. The van der Waals surface area contributed by atoms with Gasteiger partial charge in [0.05, 0.1) is 19.3 Å². The van der Waals surface area contributed by atoms with Crippen LogP contribution in [0.3, 0.4) is 0 Å². The van der Waals surface area contributed by atoms with Crippen molar-refractivity contribution in [1.29, 1.82) is 0 Å². The molecular weight excluding hydrogens is 372 g/mol. The molecule has 0 saturated carbocycles. The summed E-state index contributed by atoms with van der Waals surface area (Å²) in [6, 6.07) is 29.5. The van der Waals surface area contributed by atoms with Gasteiger partial charge in [-0.05, 0) is 28.8 Å². The molecule has 1 saturated heterocycles. The summed E-state index contributed by atoms with van der Waals surface area (Å²) in [6.07, 6.45) is -0.485. The Hall–Kier alpha value is -2.66. The van der Waals surface area contributed by atoms with Crippen LogP contribution in [-0.2, 0) is 0 Å². The Morgan fingerprint density at radius 3 is 1.77 bits per heavy atom. The van der Waals surface area contributed by atoms with Crippen LogP contribution in [-0.4, -0.2) is 54.7 Å². The minimum atomic E-state index is -0.485. The number of methoxy groups -OCH3 is 1. The van der Waals surface area contributed by atoms with Crippen molar-refractivity contribution >= 4 is 0 Å². The molecule has 1 N–H and O–H groups in total. The highest BCUT2D eigenvalue weighted by molar-refractivity contribution is 5.32. The fraction of sp³-hybridized carbons (Fsp3) is 0.308. The lowest BCUT2D eigenvalue weighted by atomic mass is 9.96. The minimum absolute atomic E-state index is 0.265. The summed E-state index contributed by atoms with van der Waals surface area (Å²) in [6.45, 7) is 4.50. The Kier molecular flexibility index (Phi) is 6.80. The molecule has 4 rings (SSSR count). The molecule has 0 aliphatic carbocycles. The molecule has 1 atom stereocenters. The van der Waals surface area contributed by atoms with Gasteiger partial charge in [-0.1, -0.05) is 72.8 Å². The van der Waals surface area contributed by atoms with Crippen LogP contribution in [0.15, 0.2) is 84.9 Å². The van der Waals surface area contributed by atoms with Crippen LogP contribution in [0.25, 0.3) is 0 Å². The summed E-state index contributed by atoms with van der Waals surface area (Å²) in [5.41, 5.74) is 3.59. The van der Waals surface area contributed by atoms with Gasteiger partial charge in [0, 0.05) is 32.7 Å². The number of hydrogen-bond donors (Lipinski definition) is 1. The van der Waals surface area contributed by atoms with Crippen molar-refractivity contribution in [3.8, 4) is 5.75 Å². The van der Waals surface area contributed by atoms with Crippen molar-refractivity contribution < 1.29 is 9.84 Å². The number of nitrogens with zero attached hydrogens (tertiary/aromatic N) is 2. The number of β-amino-alcohol motifs (C(OH)–C–C–N with tert-alkyl or cyclic N) is 1. The Morgan fingerprint density at radius 1 is 0.733 bits per heavy atom. The Morgan fingerprint density at radius 2 is 1.27 bits per heavy atom. The molecule has 3 aromatic carbocycles. The molecule has 4 nitrogen and oxygen atoms in total. The molecule has 1 aliphatic rings. The van der Waals surface area contributed by atoms with E-state index in [9.17, 15) is 5.11 Å². The average molecular weight is 403 g/mol. The van der Waals surface area contributed by atoms with Crippen molar-refractivity contribution in [2.24, 2.45) is 0 Å². The van der Waals surface area contributed by atoms with Gasteiger partial charge in [-0.3, -0.25) is 9.80 Å². The van der Waals surface area contributed by atoms with Gasteiger partial charge < -0.3 is 9.84 Å². The van der Waals surface area contributed by atoms with E-state index in [2.05, 4.69) is 70.5 Å². The highest BCUT2D eigenvalue weighted by Gasteiger charge is 2.27. The third kappa shape index (κ3) is 4.90. The molecule has 1 aliphatic heterocycles. The number of ether oxygens (including phenoxy) is 1. The number of aliphatic hydroxyl groups excluding tert-OH is 1. The van der Waals surface area contributed by atoms with Gasteiger partial charge in [0.25, 0.3) is 0 Å². The molecule has 1 fully saturated rings. The number of piperazine rings is 1. The number of rotatable bonds is 7. The van der Waals surface area contributed by atoms with Gasteiger partial charge in [-0.25, -0.2) is 0 Å². The zero-order valence-corrected chi connectivity index (χ0v) is 17.5. The maximum atomic E-state index is 10.7. The van der Waals surface area contributed by atoms with Gasteiger partial charge in [0.1, 0.15) is 5.75 Å². The minimum Gasteiger partial charge on any atom is -0.497 e. The summed E-state index contributed by atoms with van der Waals surface area (Å²) in [5.74, 6) is 0.812. The molecule has 0 radical (unpaired) electrons. The van der Waals surface area contributed by atoms with E-state index in [0.29, 0.717) is 6.54 Å². The average Bonchev–Trinajstić information content (AvgIpc) is 2.82. The van der Waals surface area contributed by atoms with Gasteiger partial charge in [-0.15, -0.1) is 0 Å². The van der Waals surface area contributed by atoms with Gasteiger partial charge in [-0.2, -0.15) is 0 Å². The number of benzene rings is 3. The first kappa shape index (κ1) is 20.6. The summed E-state index contributed by atoms with van der Waals surface area (Å²) >= 11 is 0. The predicted molar refractivity (Wildman–Crippen MR) is 121 cm³/mol. The van der Waals surface area contributed by atoms with E-state index < -0.39 is 6.10 Å². The van der Waals surface area contributed by atoms with Crippen LogP contribution in [0.2, 0.25) is 0 Å². The maximum Gasteiger partial charge on any atom is 0.118 e. The van der Waals surface area contributed by atoms with Crippen LogP contribution >= 0.6 is 0 Å². The maximum absolute atomic E-state index is 10.7. The number of hydrogen-bond acceptors (Lipinski definition) is 4. The first-order valence-electron chi connectivity index (χ1n) is 10.6. The van der Waals surface area contributed by atoms with E-state index in [1.54, 1.807) is 7.11 Å². The molecule has 0 spiro atoms. The fourth-order valence-electron chi connectivity index (χ4n) is 4.26. The summed E-state index contributed by atoms with van der Waals surface area (Å²) in [7, 11) is 1.66. The van der Waals surface area contributed by atoms with E-state index >= 15 is 0 Å². The fourth-order valence-corrected chi connectivity index (χ4v) is 4.26. The zero-order valence-electron chi connectivity index (χ0n) is 17.5. The highest BCUT2D eigenvalue weighted by atomic mass is 16.5. The summed E-state index contributed by atoms with van der Waals surface area (Å²) in [5, 5.41) is 10.7. The largest absolute Gasteiger partial charge is 0.497 e. The van der Waals surface area contributed by atoms with Crippen LogP contribution in [0, 0.1) is 0 Å². The summed E-state index contributed by atoms with van der Waals surface area (Å²) in [4.78, 5) is 4.92. The van der Waals surface area contributed by atoms with Crippen molar-refractivity contribution in [3.63, 3.8) is 0 Å². The van der Waals surface area contributed by atoms with Crippen molar-refractivity contribution in [2.75, 3.05) is 39.8 Å². The Labute approximate surface area is 179 Å². The zero-order chi connectivity index (χ0) is 20.8. The molecule has 156 valence electrons. The third-order valence-corrected chi connectivity index (χ3v) is 5.93. The third-order valence-electron chi connectivity index (χ3n) is 5.93. The van der Waals surface area contributed by atoms with Gasteiger partial charge >= 0.3 is 0 Å². The van der Waals surface area contributed by atoms with Crippen LogP contribution < -0.4 is 4.74 Å². The molecule has 0 amide bonds. The van der Waals surface area contributed by atoms with E-state index in [1.165, 1.54) is 11.1 Å². The topological polar surface area (TPSA) is 35.9 Å². The molecule has 0 aromatic heterocycles. The lowest BCUT2D eigenvalue weighted by molar-refractivity contribution is 0.0623. The molecule has 1 heterocycles. The molecule has 1 unspecified atom stereocenters. The van der Waals surface area contributed by atoms with Crippen molar-refractivity contribution in [2.45, 2.75) is 12.1 Å². The molecule has 0 bridgehead atoms. The van der Waals surface area contributed by atoms with E-state index in [4.69, 9.17) is 4.74 Å². The van der Waals surface area contributed by atoms with Crippen molar-refractivity contribution in [1.82, 2.24) is 9.80 Å². The van der Waals surface area contributed by atoms with Crippen LogP contribution in [0.1, 0.15) is 28.8 Å². The Balaban J connectivity index is 1.40. The van der Waals surface area contributed by atoms with Gasteiger partial charge in [0.15, 0.2) is 0 Å². The predicted octanol–water partition coefficient (Wildman–Crippen LogP) is 4.14. The summed E-state index contributed by atoms with van der Waals surface area (Å²) < 4.78 is 5.21. The monoisotopic (exact) mass is 402 g/mol. The molecule has 30 heavy (non-hydrogen) atoms. The lowest BCUT2D eigenvalue weighted by Crippen LogP contribution is -2.48. The van der Waals surface area contributed by atoms with Crippen molar-refractivity contribution in [3.05, 3.63) is 102 Å². The molecule has 4 heteroatoms. The second-order valence-corrected chi connectivity index (χ2v) is 7.85. The first-order valence-corrected chi connectivity index (χ1v) is 10.6. The lowest BCUT2D eigenvalue weighted by Gasteiger charge is -2.40. The van der Waals surface area contributed by atoms with E-state index in [0.717, 1.165) is 37.5 Å². The SMILES string of the molecule is COc1ccc(C(O)CN2CCN(C(c3ccccc3)c3ccccc3)CC2)cc1. The second kappa shape index (κ2) is 9.90. The number of aliphatic hydroxyl groups is 1. The Bertz CT molecular complexity index is 852. The van der Waals surface area contributed by atoms with Crippen LogP contribution in [0.4, 0.5) is 0 Å². The van der Waals surface area contributed by atoms with Crippen LogP contribution in [0.5, 0.6) is 5.75 Å². The smallest absolute Gasteiger partial charge is 0.118 e.